The summed E-state index contributed by atoms with van der Waals surface area (Å²) in [7, 11) is 0. The maximum atomic E-state index is 14.1. The Balaban J connectivity index is 1.87. The van der Waals surface area contributed by atoms with Gasteiger partial charge in [-0.3, -0.25) is 4.79 Å². The number of carbonyl (C=O) groups excluding carboxylic acids is 1. The van der Waals surface area contributed by atoms with E-state index >= 15 is 0 Å². The SMILES string of the molecule is CCc1ccc2c(c1)nc(C(C(C)C)N(CCCN)C(=O)c1ccc(C)cc1)n2Cc1cccc(F)c1. The number of hydrogen-bond acceptors (Lipinski definition) is 3. The van der Waals surface area contributed by atoms with E-state index in [1.807, 2.05) is 42.2 Å². The van der Waals surface area contributed by atoms with Crippen LogP contribution < -0.4 is 5.73 Å². The first kappa shape index (κ1) is 26.6. The minimum atomic E-state index is -0.286. The summed E-state index contributed by atoms with van der Waals surface area (Å²) in [6, 6.07) is 20.4. The number of fused-ring (bicyclic) bond motifs is 1. The zero-order valence-electron chi connectivity index (χ0n) is 22.2. The molecule has 1 amide bonds. The number of nitrogens with zero attached hydrogens (tertiary/aromatic N) is 3. The van der Waals surface area contributed by atoms with Gasteiger partial charge in [-0.05, 0) is 79.8 Å². The lowest BCUT2D eigenvalue weighted by molar-refractivity contribution is 0.0605. The van der Waals surface area contributed by atoms with Gasteiger partial charge in [0.1, 0.15) is 11.6 Å². The molecule has 1 unspecified atom stereocenters. The first-order valence-corrected chi connectivity index (χ1v) is 13.1. The molecule has 0 aliphatic rings. The first-order chi connectivity index (χ1) is 17.8. The van der Waals surface area contributed by atoms with E-state index in [-0.39, 0.29) is 23.7 Å². The van der Waals surface area contributed by atoms with Crippen molar-refractivity contribution in [3.63, 3.8) is 0 Å². The van der Waals surface area contributed by atoms with Crippen molar-refractivity contribution in [2.45, 2.75) is 53.1 Å². The fourth-order valence-corrected chi connectivity index (χ4v) is 4.91. The van der Waals surface area contributed by atoms with E-state index in [0.29, 0.717) is 31.6 Å². The molecule has 0 saturated carbocycles. The number of benzene rings is 3. The van der Waals surface area contributed by atoms with Gasteiger partial charge >= 0.3 is 0 Å². The number of imidazole rings is 1. The molecule has 3 aromatic carbocycles. The maximum Gasteiger partial charge on any atom is 0.254 e. The van der Waals surface area contributed by atoms with Crippen LogP contribution in [0.25, 0.3) is 11.0 Å². The lowest BCUT2D eigenvalue weighted by atomic mass is 9.99. The number of hydrogen-bond donors (Lipinski definition) is 1. The third-order valence-electron chi connectivity index (χ3n) is 6.87. The van der Waals surface area contributed by atoms with Crippen LogP contribution in [-0.2, 0) is 13.0 Å². The standard InChI is InChI=1S/C31H37FN4O/c1-5-23-12-15-28-27(19-23)34-30(36(28)20-24-8-6-9-26(32)18-24)29(21(2)3)35(17-7-16-33)31(37)25-13-10-22(4)11-14-25/h6,8-15,18-19,21,29H,5,7,16-17,20,33H2,1-4H3. The van der Waals surface area contributed by atoms with Crippen LogP contribution >= 0.6 is 0 Å². The van der Waals surface area contributed by atoms with Gasteiger partial charge in [0.25, 0.3) is 5.91 Å². The van der Waals surface area contributed by atoms with Crippen molar-refractivity contribution >= 4 is 16.9 Å². The summed E-state index contributed by atoms with van der Waals surface area (Å²) in [5.41, 5.74) is 11.6. The highest BCUT2D eigenvalue weighted by Gasteiger charge is 2.32. The van der Waals surface area contributed by atoms with Gasteiger partial charge in [-0.25, -0.2) is 9.37 Å². The molecule has 0 radical (unpaired) electrons. The predicted molar refractivity (Wildman–Crippen MR) is 148 cm³/mol. The van der Waals surface area contributed by atoms with Crippen LogP contribution in [0.3, 0.4) is 0 Å². The Bertz CT molecular complexity index is 1360. The molecule has 4 aromatic rings. The van der Waals surface area contributed by atoms with Crippen LogP contribution in [0.5, 0.6) is 0 Å². The number of amides is 1. The zero-order valence-corrected chi connectivity index (χ0v) is 22.2. The molecule has 0 aliphatic carbocycles. The van der Waals surface area contributed by atoms with Gasteiger partial charge in [-0.15, -0.1) is 0 Å². The Morgan fingerprint density at radius 2 is 1.81 bits per heavy atom. The van der Waals surface area contributed by atoms with Crippen molar-refractivity contribution in [1.82, 2.24) is 14.5 Å². The third-order valence-corrected chi connectivity index (χ3v) is 6.87. The molecule has 0 saturated heterocycles. The van der Waals surface area contributed by atoms with Crippen molar-refractivity contribution in [3.8, 4) is 0 Å². The largest absolute Gasteiger partial charge is 0.330 e. The molecule has 0 spiro atoms. The number of halogens is 1. The van der Waals surface area contributed by atoms with Crippen LogP contribution in [0.2, 0.25) is 0 Å². The van der Waals surface area contributed by atoms with E-state index < -0.39 is 0 Å². The maximum absolute atomic E-state index is 14.1. The molecule has 37 heavy (non-hydrogen) atoms. The molecule has 2 N–H and O–H groups in total. The van der Waals surface area contributed by atoms with E-state index in [1.165, 1.54) is 11.6 Å². The highest BCUT2D eigenvalue weighted by molar-refractivity contribution is 5.94. The minimum Gasteiger partial charge on any atom is -0.330 e. The van der Waals surface area contributed by atoms with Crippen molar-refractivity contribution in [1.29, 1.82) is 0 Å². The number of aromatic nitrogens is 2. The smallest absolute Gasteiger partial charge is 0.254 e. The summed E-state index contributed by atoms with van der Waals surface area (Å²) >= 11 is 0. The summed E-state index contributed by atoms with van der Waals surface area (Å²) in [6.07, 6.45) is 1.59. The van der Waals surface area contributed by atoms with E-state index in [4.69, 9.17) is 10.7 Å². The average Bonchev–Trinajstić information content (AvgIpc) is 3.22. The van der Waals surface area contributed by atoms with E-state index in [1.54, 1.807) is 12.1 Å². The van der Waals surface area contributed by atoms with Gasteiger partial charge < -0.3 is 15.2 Å². The topological polar surface area (TPSA) is 64.2 Å². The second kappa shape index (κ2) is 11.7. The highest BCUT2D eigenvalue weighted by atomic mass is 19.1. The van der Waals surface area contributed by atoms with Crippen molar-refractivity contribution in [2.24, 2.45) is 11.7 Å². The first-order valence-electron chi connectivity index (χ1n) is 13.1. The molecule has 194 valence electrons. The molecule has 6 heteroatoms. The van der Waals surface area contributed by atoms with Crippen molar-refractivity contribution in [3.05, 3.63) is 101 Å². The predicted octanol–water partition coefficient (Wildman–Crippen LogP) is 6.28. The summed E-state index contributed by atoms with van der Waals surface area (Å²) in [5.74, 6) is 0.586. The van der Waals surface area contributed by atoms with E-state index in [9.17, 15) is 9.18 Å². The van der Waals surface area contributed by atoms with Gasteiger partial charge in [-0.2, -0.15) is 0 Å². The Morgan fingerprint density at radius 1 is 1.05 bits per heavy atom. The number of carbonyl (C=O) groups is 1. The molecular weight excluding hydrogens is 463 g/mol. The van der Waals surface area contributed by atoms with Crippen LogP contribution in [0, 0.1) is 18.7 Å². The fourth-order valence-electron chi connectivity index (χ4n) is 4.91. The molecule has 0 bridgehead atoms. The van der Waals surface area contributed by atoms with Gasteiger partial charge in [0, 0.05) is 18.7 Å². The average molecular weight is 501 g/mol. The Hall–Kier alpha value is -3.51. The Labute approximate surface area is 219 Å². The summed E-state index contributed by atoms with van der Waals surface area (Å²) in [6.45, 7) is 9.84. The van der Waals surface area contributed by atoms with E-state index in [2.05, 4.69) is 43.5 Å². The quantitative estimate of drug-likeness (QED) is 0.279. The molecule has 4 rings (SSSR count). The number of nitrogens with two attached hydrogens (primary N) is 1. The van der Waals surface area contributed by atoms with Crippen molar-refractivity contribution < 1.29 is 9.18 Å². The van der Waals surface area contributed by atoms with E-state index in [0.717, 1.165) is 34.4 Å². The van der Waals surface area contributed by atoms with Gasteiger partial charge in [0.2, 0.25) is 0 Å². The summed E-state index contributed by atoms with van der Waals surface area (Å²) < 4.78 is 16.2. The number of rotatable bonds is 10. The van der Waals surface area contributed by atoms with Crippen LogP contribution in [0.4, 0.5) is 4.39 Å². The van der Waals surface area contributed by atoms with Crippen LogP contribution in [-0.4, -0.2) is 33.4 Å². The monoisotopic (exact) mass is 500 g/mol. The molecule has 0 fully saturated rings. The second-order valence-corrected chi connectivity index (χ2v) is 10.1. The molecule has 1 heterocycles. The fraction of sp³-hybridized carbons (Fsp3) is 0.355. The van der Waals surface area contributed by atoms with Crippen LogP contribution in [0.1, 0.15) is 66.1 Å². The molecular formula is C31H37FN4O. The van der Waals surface area contributed by atoms with Gasteiger partial charge in [-0.1, -0.05) is 56.7 Å². The Morgan fingerprint density at radius 3 is 2.46 bits per heavy atom. The lowest BCUT2D eigenvalue weighted by Crippen LogP contribution is -2.40. The lowest BCUT2D eigenvalue weighted by Gasteiger charge is -2.34. The highest BCUT2D eigenvalue weighted by Crippen LogP contribution is 2.33. The van der Waals surface area contributed by atoms with Crippen LogP contribution in [0.15, 0.2) is 66.7 Å². The zero-order chi connectivity index (χ0) is 26.5. The molecule has 0 aliphatic heterocycles. The normalized spacial score (nSPS) is 12.3. The molecule has 1 atom stereocenters. The Kier molecular flexibility index (Phi) is 8.39. The minimum absolute atomic E-state index is 0.0363. The van der Waals surface area contributed by atoms with Gasteiger partial charge in [0.05, 0.1) is 17.1 Å². The third kappa shape index (κ3) is 5.91. The number of aryl methyl sites for hydroxylation is 2. The second-order valence-electron chi connectivity index (χ2n) is 10.1. The summed E-state index contributed by atoms with van der Waals surface area (Å²) in [5, 5.41) is 0. The molecule has 1 aromatic heterocycles. The molecule has 5 nitrogen and oxygen atoms in total. The van der Waals surface area contributed by atoms with Gasteiger partial charge in [0.15, 0.2) is 0 Å². The summed E-state index contributed by atoms with van der Waals surface area (Å²) in [4.78, 5) is 21.0. The van der Waals surface area contributed by atoms with Crippen molar-refractivity contribution in [2.75, 3.05) is 13.1 Å².